The minimum atomic E-state index is -2.59. The summed E-state index contributed by atoms with van der Waals surface area (Å²) in [7, 11) is 0. The molecule has 1 N–H and O–H groups in total. The van der Waals surface area contributed by atoms with Gasteiger partial charge in [-0.1, -0.05) is 16.6 Å². The van der Waals surface area contributed by atoms with E-state index in [0.29, 0.717) is 17.4 Å². The highest BCUT2D eigenvalue weighted by atomic mass is 32.1. The molecule has 2 aromatic heterocycles. The first-order chi connectivity index (χ1) is 8.86. The highest BCUT2D eigenvalue weighted by molar-refractivity contribution is 7.15. The molecular formula is C10H14F2N6S. The van der Waals surface area contributed by atoms with Crippen LogP contribution in [0, 0.1) is 0 Å². The Kier molecular flexibility index (Phi) is 3.74. The van der Waals surface area contributed by atoms with Gasteiger partial charge >= 0.3 is 0 Å². The van der Waals surface area contributed by atoms with Crippen LogP contribution in [0.5, 0.6) is 0 Å². The van der Waals surface area contributed by atoms with Gasteiger partial charge in [-0.15, -0.1) is 15.3 Å². The summed E-state index contributed by atoms with van der Waals surface area (Å²) in [6.45, 7) is 6.41. The number of nitrogens with one attached hydrogen (secondary N) is 1. The second kappa shape index (κ2) is 5.16. The van der Waals surface area contributed by atoms with Crippen LogP contribution in [0.1, 0.15) is 37.9 Å². The number of halogens is 2. The quantitative estimate of drug-likeness (QED) is 0.935. The molecule has 19 heavy (non-hydrogen) atoms. The lowest BCUT2D eigenvalue weighted by Crippen LogP contribution is -2.22. The fourth-order valence-electron chi connectivity index (χ4n) is 1.27. The number of alkyl halides is 2. The zero-order chi connectivity index (χ0) is 14.0. The summed E-state index contributed by atoms with van der Waals surface area (Å²) >= 11 is 0.834. The second-order valence-corrected chi connectivity index (χ2v) is 5.93. The van der Waals surface area contributed by atoms with Gasteiger partial charge in [0, 0.05) is 0 Å². The lowest BCUT2D eigenvalue weighted by molar-refractivity contribution is 0.150. The maximum absolute atomic E-state index is 12.3. The Labute approximate surface area is 112 Å². The molecule has 2 rings (SSSR count). The number of hydrogen-bond acceptors (Lipinski definition) is 6. The predicted octanol–water partition coefficient (Wildman–Crippen LogP) is 2.43. The first kappa shape index (κ1) is 13.8. The van der Waals surface area contributed by atoms with Gasteiger partial charge in [0.25, 0.3) is 6.43 Å². The zero-order valence-electron chi connectivity index (χ0n) is 10.8. The van der Waals surface area contributed by atoms with Gasteiger partial charge in [0.15, 0.2) is 5.01 Å². The molecule has 0 saturated heterocycles. The van der Waals surface area contributed by atoms with Gasteiger partial charge < -0.3 is 5.32 Å². The standard InChI is InChI=1S/C10H14F2N6S/c1-10(2,3)18-5-6(14-17-18)4-13-9-16-15-8(19-9)7(11)12/h5,7H,4H2,1-3H3,(H,13,16). The van der Waals surface area contributed by atoms with Crippen LogP contribution in [0.2, 0.25) is 0 Å². The van der Waals surface area contributed by atoms with Crippen molar-refractivity contribution in [3.63, 3.8) is 0 Å². The summed E-state index contributed by atoms with van der Waals surface area (Å²) in [6.07, 6.45) is -0.781. The molecule has 0 aliphatic carbocycles. The van der Waals surface area contributed by atoms with Crippen molar-refractivity contribution in [2.75, 3.05) is 5.32 Å². The lowest BCUT2D eigenvalue weighted by atomic mass is 10.1. The average Bonchev–Trinajstić information content (AvgIpc) is 2.95. The van der Waals surface area contributed by atoms with Crippen molar-refractivity contribution >= 4 is 16.5 Å². The molecule has 0 amide bonds. The number of hydrogen-bond donors (Lipinski definition) is 1. The molecule has 0 unspecified atom stereocenters. The van der Waals surface area contributed by atoms with Crippen LogP contribution >= 0.6 is 11.3 Å². The molecular weight excluding hydrogens is 274 g/mol. The monoisotopic (exact) mass is 288 g/mol. The van der Waals surface area contributed by atoms with E-state index < -0.39 is 6.43 Å². The van der Waals surface area contributed by atoms with Crippen molar-refractivity contribution in [2.45, 2.75) is 39.3 Å². The van der Waals surface area contributed by atoms with Crippen molar-refractivity contribution in [1.82, 2.24) is 25.2 Å². The van der Waals surface area contributed by atoms with E-state index in [1.807, 2.05) is 27.0 Å². The van der Waals surface area contributed by atoms with Crippen LogP contribution in [0.15, 0.2) is 6.20 Å². The van der Waals surface area contributed by atoms with Crippen molar-refractivity contribution in [2.24, 2.45) is 0 Å². The molecule has 0 aliphatic heterocycles. The molecule has 9 heteroatoms. The topological polar surface area (TPSA) is 68.5 Å². The van der Waals surface area contributed by atoms with Crippen molar-refractivity contribution in [3.8, 4) is 0 Å². The predicted molar refractivity (Wildman–Crippen MR) is 67.2 cm³/mol. The molecule has 0 bridgehead atoms. The molecule has 0 saturated carbocycles. The molecule has 0 aromatic carbocycles. The van der Waals surface area contributed by atoms with Gasteiger partial charge in [0.1, 0.15) is 5.69 Å². The smallest absolute Gasteiger partial charge is 0.291 e. The van der Waals surface area contributed by atoms with Crippen molar-refractivity contribution < 1.29 is 8.78 Å². The maximum atomic E-state index is 12.3. The van der Waals surface area contributed by atoms with E-state index in [4.69, 9.17) is 0 Å². The summed E-state index contributed by atoms with van der Waals surface area (Å²) < 4.78 is 26.4. The van der Waals surface area contributed by atoms with E-state index in [0.717, 1.165) is 11.3 Å². The summed E-state index contributed by atoms with van der Waals surface area (Å²) in [5, 5.41) is 18.0. The summed E-state index contributed by atoms with van der Waals surface area (Å²) in [4.78, 5) is 0. The van der Waals surface area contributed by atoms with Crippen molar-refractivity contribution in [1.29, 1.82) is 0 Å². The Bertz CT molecular complexity index is 544. The van der Waals surface area contributed by atoms with E-state index in [2.05, 4.69) is 25.8 Å². The van der Waals surface area contributed by atoms with Gasteiger partial charge in [-0.2, -0.15) is 0 Å². The Balaban J connectivity index is 1.96. The Morgan fingerprint density at radius 3 is 2.58 bits per heavy atom. The van der Waals surface area contributed by atoms with Gasteiger partial charge in [0.05, 0.1) is 18.3 Å². The molecule has 0 fully saturated rings. The fourth-order valence-corrected chi connectivity index (χ4v) is 1.86. The van der Waals surface area contributed by atoms with Gasteiger partial charge in [-0.25, -0.2) is 13.5 Å². The van der Waals surface area contributed by atoms with Crippen LogP contribution < -0.4 is 5.32 Å². The number of rotatable bonds is 4. The third-order valence-electron chi connectivity index (χ3n) is 2.28. The van der Waals surface area contributed by atoms with E-state index in [1.165, 1.54) is 0 Å². The lowest BCUT2D eigenvalue weighted by Gasteiger charge is -2.17. The number of nitrogens with zero attached hydrogens (tertiary/aromatic N) is 5. The van der Waals surface area contributed by atoms with E-state index in [9.17, 15) is 8.78 Å². The van der Waals surface area contributed by atoms with Crippen LogP contribution in [0.3, 0.4) is 0 Å². The molecule has 0 radical (unpaired) electrons. The highest BCUT2D eigenvalue weighted by Crippen LogP contribution is 2.25. The highest BCUT2D eigenvalue weighted by Gasteiger charge is 2.16. The van der Waals surface area contributed by atoms with E-state index >= 15 is 0 Å². The summed E-state index contributed by atoms with van der Waals surface area (Å²) in [6, 6.07) is 0. The molecule has 6 nitrogen and oxygen atoms in total. The first-order valence-corrected chi connectivity index (χ1v) is 6.45. The molecule has 2 aromatic rings. The van der Waals surface area contributed by atoms with Gasteiger partial charge in [0.2, 0.25) is 5.13 Å². The second-order valence-electron chi connectivity index (χ2n) is 4.92. The van der Waals surface area contributed by atoms with Gasteiger partial charge in [-0.3, -0.25) is 0 Å². The third-order valence-corrected chi connectivity index (χ3v) is 3.16. The first-order valence-electron chi connectivity index (χ1n) is 5.63. The van der Waals surface area contributed by atoms with Gasteiger partial charge in [-0.05, 0) is 20.8 Å². The normalized spacial score (nSPS) is 12.1. The van der Waals surface area contributed by atoms with Crippen molar-refractivity contribution in [3.05, 3.63) is 16.9 Å². The van der Waals surface area contributed by atoms with Crippen LogP contribution in [0.4, 0.5) is 13.9 Å². The molecule has 104 valence electrons. The van der Waals surface area contributed by atoms with E-state index in [-0.39, 0.29) is 10.5 Å². The Morgan fingerprint density at radius 2 is 2.05 bits per heavy atom. The molecule has 0 spiro atoms. The molecule has 0 atom stereocenters. The molecule has 2 heterocycles. The average molecular weight is 288 g/mol. The molecule has 0 aliphatic rings. The van der Waals surface area contributed by atoms with Crippen LogP contribution in [0.25, 0.3) is 0 Å². The minimum Gasteiger partial charge on any atom is -0.354 e. The maximum Gasteiger partial charge on any atom is 0.291 e. The third kappa shape index (κ3) is 3.43. The van der Waals surface area contributed by atoms with Crippen LogP contribution in [-0.4, -0.2) is 25.2 Å². The summed E-state index contributed by atoms with van der Waals surface area (Å²) in [5.41, 5.74) is 0.570. The zero-order valence-corrected chi connectivity index (χ0v) is 11.6. The minimum absolute atomic E-state index is 0.142. The Morgan fingerprint density at radius 1 is 1.32 bits per heavy atom. The van der Waals surface area contributed by atoms with Crippen LogP contribution in [-0.2, 0) is 12.1 Å². The number of aromatic nitrogens is 5. The Hall–Kier alpha value is -1.64. The SMILES string of the molecule is CC(C)(C)n1cc(CNc2nnc(C(F)F)s2)nn1. The fraction of sp³-hybridized carbons (Fsp3) is 0.600. The summed E-state index contributed by atoms with van der Waals surface area (Å²) in [5.74, 6) is 0. The largest absolute Gasteiger partial charge is 0.354 e. The van der Waals surface area contributed by atoms with E-state index in [1.54, 1.807) is 4.68 Å². The number of anilines is 1.